The summed E-state index contributed by atoms with van der Waals surface area (Å²) in [6.07, 6.45) is 1.70. The van der Waals surface area contributed by atoms with Gasteiger partial charge in [0.25, 0.3) is 0 Å². The van der Waals surface area contributed by atoms with Gasteiger partial charge in [-0.1, -0.05) is 17.7 Å². The second-order valence-electron chi connectivity index (χ2n) is 5.03. The van der Waals surface area contributed by atoms with Crippen molar-refractivity contribution in [1.82, 2.24) is 15.0 Å². The lowest BCUT2D eigenvalue weighted by molar-refractivity contribution is 1.05. The molecule has 4 nitrogen and oxygen atoms in total. The molecule has 1 aromatic carbocycles. The Balaban J connectivity index is 2.18. The standard InChI is InChI=1S/C17H13ClN4/c1-10-3-4-13(18)8-14(10)17-12(9-19)7-16(22-17)15-5-6-20-11(2)21-15/h3-8,22H,1-2H3. The number of nitriles is 1. The first-order valence-electron chi connectivity index (χ1n) is 6.78. The van der Waals surface area contributed by atoms with Crippen molar-refractivity contribution in [1.29, 1.82) is 5.26 Å². The van der Waals surface area contributed by atoms with Crippen molar-refractivity contribution >= 4 is 11.6 Å². The summed E-state index contributed by atoms with van der Waals surface area (Å²) in [6, 6.07) is 11.5. The molecule has 0 aliphatic carbocycles. The number of aromatic amines is 1. The molecule has 5 heteroatoms. The Morgan fingerprint density at radius 1 is 1.18 bits per heavy atom. The van der Waals surface area contributed by atoms with Crippen LogP contribution in [0.4, 0.5) is 0 Å². The Bertz CT molecular complexity index is 890. The maximum Gasteiger partial charge on any atom is 0.125 e. The number of halogens is 1. The van der Waals surface area contributed by atoms with Crippen LogP contribution in [0.2, 0.25) is 5.02 Å². The fraction of sp³-hybridized carbons (Fsp3) is 0.118. The van der Waals surface area contributed by atoms with E-state index in [0.29, 0.717) is 16.4 Å². The first-order chi connectivity index (χ1) is 10.6. The van der Waals surface area contributed by atoms with Gasteiger partial charge in [-0.2, -0.15) is 5.26 Å². The minimum absolute atomic E-state index is 0.566. The second-order valence-corrected chi connectivity index (χ2v) is 5.47. The lowest BCUT2D eigenvalue weighted by Gasteiger charge is -2.05. The largest absolute Gasteiger partial charge is 0.352 e. The predicted octanol–water partition coefficient (Wildman–Crippen LogP) is 4.28. The molecule has 0 amide bonds. The van der Waals surface area contributed by atoms with Crippen molar-refractivity contribution in [3.8, 4) is 28.7 Å². The quantitative estimate of drug-likeness (QED) is 0.768. The minimum Gasteiger partial charge on any atom is -0.352 e. The summed E-state index contributed by atoms with van der Waals surface area (Å²) in [4.78, 5) is 11.8. The molecule has 0 saturated heterocycles. The average Bonchev–Trinajstić information content (AvgIpc) is 2.94. The van der Waals surface area contributed by atoms with Crippen LogP contribution >= 0.6 is 11.6 Å². The van der Waals surface area contributed by atoms with Crippen LogP contribution in [0.5, 0.6) is 0 Å². The van der Waals surface area contributed by atoms with Crippen LogP contribution in [0.3, 0.4) is 0 Å². The zero-order valence-electron chi connectivity index (χ0n) is 12.2. The van der Waals surface area contributed by atoms with Crippen molar-refractivity contribution < 1.29 is 0 Å². The Kier molecular flexibility index (Phi) is 3.66. The van der Waals surface area contributed by atoms with Crippen LogP contribution in [0.1, 0.15) is 17.0 Å². The van der Waals surface area contributed by atoms with E-state index < -0.39 is 0 Å². The summed E-state index contributed by atoms with van der Waals surface area (Å²) in [5.41, 5.74) is 4.84. The molecular formula is C17H13ClN4. The summed E-state index contributed by atoms with van der Waals surface area (Å²) in [7, 11) is 0. The Morgan fingerprint density at radius 3 is 2.73 bits per heavy atom. The van der Waals surface area contributed by atoms with E-state index in [9.17, 15) is 5.26 Å². The monoisotopic (exact) mass is 308 g/mol. The van der Waals surface area contributed by atoms with Crippen LogP contribution in [0.25, 0.3) is 22.6 Å². The van der Waals surface area contributed by atoms with E-state index in [1.54, 1.807) is 12.3 Å². The summed E-state index contributed by atoms with van der Waals surface area (Å²) >= 11 is 6.09. The Hall–Kier alpha value is -2.64. The molecule has 2 heterocycles. The molecule has 0 saturated carbocycles. The van der Waals surface area contributed by atoms with Crippen LogP contribution in [-0.2, 0) is 0 Å². The summed E-state index contributed by atoms with van der Waals surface area (Å²) in [6.45, 7) is 3.82. The average molecular weight is 309 g/mol. The smallest absolute Gasteiger partial charge is 0.125 e. The third-order valence-electron chi connectivity index (χ3n) is 3.46. The van der Waals surface area contributed by atoms with Crippen molar-refractivity contribution in [3.05, 3.63) is 58.5 Å². The lowest BCUT2D eigenvalue weighted by atomic mass is 10.0. The number of nitrogens with one attached hydrogen (secondary N) is 1. The highest BCUT2D eigenvalue weighted by atomic mass is 35.5. The van der Waals surface area contributed by atoms with Crippen molar-refractivity contribution in [2.45, 2.75) is 13.8 Å². The number of rotatable bonds is 2. The zero-order valence-corrected chi connectivity index (χ0v) is 12.9. The van der Waals surface area contributed by atoms with E-state index in [1.807, 2.05) is 38.1 Å². The highest BCUT2D eigenvalue weighted by Gasteiger charge is 2.14. The summed E-state index contributed by atoms with van der Waals surface area (Å²) < 4.78 is 0. The van der Waals surface area contributed by atoms with Crippen LogP contribution in [0, 0.1) is 25.2 Å². The van der Waals surface area contributed by atoms with Gasteiger partial charge in [-0.05, 0) is 43.7 Å². The van der Waals surface area contributed by atoms with Crippen LogP contribution in [-0.4, -0.2) is 15.0 Å². The Labute approximate surface area is 133 Å². The molecule has 22 heavy (non-hydrogen) atoms. The summed E-state index contributed by atoms with van der Waals surface area (Å²) in [5, 5.41) is 10.1. The fourth-order valence-corrected chi connectivity index (χ4v) is 2.54. The van der Waals surface area contributed by atoms with Crippen molar-refractivity contribution in [3.63, 3.8) is 0 Å². The maximum atomic E-state index is 9.42. The van der Waals surface area contributed by atoms with Crippen molar-refractivity contribution in [2.75, 3.05) is 0 Å². The van der Waals surface area contributed by atoms with E-state index in [-0.39, 0.29) is 0 Å². The van der Waals surface area contributed by atoms with Gasteiger partial charge in [0.2, 0.25) is 0 Å². The van der Waals surface area contributed by atoms with Gasteiger partial charge in [0.1, 0.15) is 11.9 Å². The molecule has 0 bridgehead atoms. The molecule has 108 valence electrons. The fourth-order valence-electron chi connectivity index (χ4n) is 2.36. The molecule has 0 spiro atoms. The predicted molar refractivity (Wildman–Crippen MR) is 86.5 cm³/mol. The molecule has 0 aliphatic rings. The third-order valence-corrected chi connectivity index (χ3v) is 3.69. The minimum atomic E-state index is 0.566. The van der Waals surface area contributed by atoms with Gasteiger partial charge < -0.3 is 4.98 Å². The molecule has 1 N–H and O–H groups in total. The topological polar surface area (TPSA) is 65.4 Å². The van der Waals surface area contributed by atoms with Gasteiger partial charge in [0.05, 0.1) is 22.6 Å². The van der Waals surface area contributed by atoms with Gasteiger partial charge in [-0.3, -0.25) is 0 Å². The van der Waals surface area contributed by atoms with E-state index in [4.69, 9.17) is 11.6 Å². The van der Waals surface area contributed by atoms with Crippen LogP contribution < -0.4 is 0 Å². The van der Waals surface area contributed by atoms with E-state index in [1.165, 1.54) is 0 Å². The van der Waals surface area contributed by atoms with Crippen molar-refractivity contribution in [2.24, 2.45) is 0 Å². The highest BCUT2D eigenvalue weighted by Crippen LogP contribution is 2.31. The molecule has 0 atom stereocenters. The zero-order chi connectivity index (χ0) is 15.7. The highest BCUT2D eigenvalue weighted by molar-refractivity contribution is 6.30. The van der Waals surface area contributed by atoms with E-state index in [2.05, 4.69) is 21.0 Å². The number of hydrogen-bond acceptors (Lipinski definition) is 3. The normalized spacial score (nSPS) is 10.5. The van der Waals surface area contributed by atoms with Gasteiger partial charge in [0.15, 0.2) is 0 Å². The number of benzene rings is 1. The third kappa shape index (κ3) is 2.59. The maximum absolute atomic E-state index is 9.42. The molecular weight excluding hydrogens is 296 g/mol. The summed E-state index contributed by atoms with van der Waals surface area (Å²) in [5.74, 6) is 0.686. The van der Waals surface area contributed by atoms with Gasteiger partial charge in [-0.15, -0.1) is 0 Å². The Morgan fingerprint density at radius 2 is 2.00 bits per heavy atom. The molecule has 0 unspecified atom stereocenters. The SMILES string of the molecule is Cc1nccc(-c2cc(C#N)c(-c3cc(Cl)ccc3C)[nH]2)n1. The molecule has 0 radical (unpaired) electrons. The number of hydrogen-bond donors (Lipinski definition) is 1. The van der Waals surface area contributed by atoms with E-state index >= 15 is 0 Å². The van der Waals surface area contributed by atoms with Gasteiger partial charge in [0, 0.05) is 16.8 Å². The number of nitrogens with zero attached hydrogens (tertiary/aromatic N) is 3. The van der Waals surface area contributed by atoms with Gasteiger partial charge in [-0.25, -0.2) is 9.97 Å². The molecule has 0 fully saturated rings. The molecule has 2 aromatic heterocycles. The van der Waals surface area contributed by atoms with Gasteiger partial charge >= 0.3 is 0 Å². The molecule has 3 rings (SSSR count). The lowest BCUT2D eigenvalue weighted by Crippen LogP contribution is -1.90. The van der Waals surface area contributed by atoms with E-state index in [0.717, 1.165) is 28.2 Å². The number of aromatic nitrogens is 3. The first kappa shape index (κ1) is 14.3. The molecule has 0 aliphatic heterocycles. The second kappa shape index (κ2) is 5.63. The number of aryl methyl sites for hydroxylation is 2. The first-order valence-corrected chi connectivity index (χ1v) is 7.16. The molecule has 3 aromatic rings. The number of H-pyrrole nitrogens is 1. The van der Waals surface area contributed by atoms with Crippen LogP contribution in [0.15, 0.2) is 36.5 Å².